The van der Waals surface area contributed by atoms with E-state index in [0.717, 1.165) is 5.69 Å². The minimum atomic E-state index is -0.535. The molecule has 1 atom stereocenters. The largest absolute Gasteiger partial charge is 0.462 e. The minimum absolute atomic E-state index is 0.299. The van der Waals surface area contributed by atoms with E-state index in [0.29, 0.717) is 37.4 Å². The van der Waals surface area contributed by atoms with Crippen LogP contribution in [-0.4, -0.2) is 31.6 Å². The molecular weight excluding hydrogens is 270 g/mol. The lowest BCUT2D eigenvalue weighted by Crippen LogP contribution is -2.37. The first-order valence-electron chi connectivity index (χ1n) is 6.99. The van der Waals surface area contributed by atoms with Gasteiger partial charge in [-0.15, -0.1) is 0 Å². The molecule has 1 aromatic carbocycles. The SMILES string of the molecule is CCOC(=O)c1ccc(N2CCC(C)(C(N)=O)C2)c(N)c1. The van der Waals surface area contributed by atoms with Crippen LogP contribution in [0.1, 0.15) is 30.6 Å². The highest BCUT2D eigenvalue weighted by molar-refractivity contribution is 5.92. The van der Waals surface area contributed by atoms with Gasteiger partial charge in [0.25, 0.3) is 0 Å². The van der Waals surface area contributed by atoms with Crippen molar-refractivity contribution in [2.75, 3.05) is 30.3 Å². The summed E-state index contributed by atoms with van der Waals surface area (Å²) in [5.41, 5.74) is 12.7. The summed E-state index contributed by atoms with van der Waals surface area (Å²) in [5, 5.41) is 0. The number of carbonyl (C=O) groups excluding carboxylic acids is 2. The van der Waals surface area contributed by atoms with Crippen molar-refractivity contribution in [1.29, 1.82) is 0 Å². The third-order valence-corrected chi connectivity index (χ3v) is 3.95. The number of rotatable bonds is 4. The Balaban J connectivity index is 2.19. The van der Waals surface area contributed by atoms with E-state index in [-0.39, 0.29) is 11.9 Å². The molecule has 0 saturated carbocycles. The maximum absolute atomic E-state index is 11.7. The summed E-state index contributed by atoms with van der Waals surface area (Å²) in [6.07, 6.45) is 0.696. The van der Waals surface area contributed by atoms with Gasteiger partial charge in [0, 0.05) is 13.1 Å². The van der Waals surface area contributed by atoms with E-state index >= 15 is 0 Å². The number of amides is 1. The summed E-state index contributed by atoms with van der Waals surface area (Å²) in [6.45, 7) is 5.18. The molecule has 0 bridgehead atoms. The van der Waals surface area contributed by atoms with Crippen LogP contribution < -0.4 is 16.4 Å². The van der Waals surface area contributed by atoms with Gasteiger partial charge in [0.1, 0.15) is 0 Å². The second-order valence-electron chi connectivity index (χ2n) is 5.59. The Kier molecular flexibility index (Phi) is 4.06. The number of ether oxygens (including phenoxy) is 1. The second-order valence-corrected chi connectivity index (χ2v) is 5.59. The number of hydrogen-bond acceptors (Lipinski definition) is 5. The molecule has 4 N–H and O–H groups in total. The Labute approximate surface area is 124 Å². The van der Waals surface area contributed by atoms with Crippen LogP contribution in [0.15, 0.2) is 18.2 Å². The molecule has 0 aromatic heterocycles. The number of esters is 1. The van der Waals surface area contributed by atoms with E-state index in [2.05, 4.69) is 0 Å². The number of carbonyl (C=O) groups is 2. The Morgan fingerprint density at radius 2 is 2.14 bits per heavy atom. The molecule has 114 valence electrons. The van der Waals surface area contributed by atoms with Crippen molar-refractivity contribution in [3.8, 4) is 0 Å². The summed E-state index contributed by atoms with van der Waals surface area (Å²) >= 11 is 0. The predicted molar refractivity (Wildman–Crippen MR) is 80.9 cm³/mol. The lowest BCUT2D eigenvalue weighted by atomic mass is 9.89. The van der Waals surface area contributed by atoms with E-state index in [1.165, 1.54) is 0 Å². The van der Waals surface area contributed by atoms with Gasteiger partial charge >= 0.3 is 5.97 Å². The highest BCUT2D eigenvalue weighted by atomic mass is 16.5. The normalized spacial score (nSPS) is 21.3. The van der Waals surface area contributed by atoms with Gasteiger partial charge in [0.2, 0.25) is 5.91 Å². The number of nitrogen functional groups attached to an aromatic ring is 1. The number of hydrogen-bond donors (Lipinski definition) is 2. The average Bonchev–Trinajstić information content (AvgIpc) is 2.83. The zero-order chi connectivity index (χ0) is 15.6. The number of anilines is 2. The summed E-state index contributed by atoms with van der Waals surface area (Å²) in [5.74, 6) is -0.689. The van der Waals surface area contributed by atoms with Crippen molar-refractivity contribution < 1.29 is 14.3 Å². The Bertz CT molecular complexity index is 573. The summed E-state index contributed by atoms with van der Waals surface area (Å²) in [6, 6.07) is 5.07. The first kappa shape index (κ1) is 15.2. The average molecular weight is 291 g/mol. The van der Waals surface area contributed by atoms with E-state index in [1.54, 1.807) is 25.1 Å². The molecule has 6 nitrogen and oxygen atoms in total. The van der Waals surface area contributed by atoms with Crippen molar-refractivity contribution in [2.24, 2.45) is 11.1 Å². The third kappa shape index (κ3) is 2.94. The van der Waals surface area contributed by atoms with Gasteiger partial charge in [0.15, 0.2) is 0 Å². The molecule has 0 aliphatic carbocycles. The van der Waals surface area contributed by atoms with Gasteiger partial charge in [0.05, 0.1) is 29.0 Å². The number of benzene rings is 1. The number of primary amides is 1. The van der Waals surface area contributed by atoms with Gasteiger partial charge in [-0.25, -0.2) is 4.79 Å². The highest BCUT2D eigenvalue weighted by Gasteiger charge is 2.39. The molecule has 1 heterocycles. The minimum Gasteiger partial charge on any atom is -0.462 e. The maximum Gasteiger partial charge on any atom is 0.338 e. The van der Waals surface area contributed by atoms with Crippen molar-refractivity contribution in [1.82, 2.24) is 0 Å². The van der Waals surface area contributed by atoms with Gasteiger partial charge in [-0.1, -0.05) is 0 Å². The molecular formula is C15H21N3O3. The van der Waals surface area contributed by atoms with Gasteiger partial charge in [-0.3, -0.25) is 4.79 Å². The standard InChI is InChI=1S/C15H21N3O3/c1-3-21-13(19)10-4-5-12(11(16)8-10)18-7-6-15(2,9-18)14(17)20/h4-5,8H,3,6-7,9,16H2,1-2H3,(H2,17,20). The molecule has 1 unspecified atom stereocenters. The molecule has 1 aliphatic heterocycles. The Morgan fingerprint density at radius 1 is 1.43 bits per heavy atom. The summed E-state index contributed by atoms with van der Waals surface area (Å²) in [4.78, 5) is 25.2. The molecule has 0 spiro atoms. The number of nitrogens with zero attached hydrogens (tertiary/aromatic N) is 1. The van der Waals surface area contributed by atoms with Crippen LogP contribution in [0.3, 0.4) is 0 Å². The van der Waals surface area contributed by atoms with Gasteiger partial charge in [-0.2, -0.15) is 0 Å². The highest BCUT2D eigenvalue weighted by Crippen LogP contribution is 2.35. The molecule has 0 radical (unpaired) electrons. The van der Waals surface area contributed by atoms with E-state index < -0.39 is 5.41 Å². The van der Waals surface area contributed by atoms with Crippen LogP contribution in [0.25, 0.3) is 0 Å². The van der Waals surface area contributed by atoms with Crippen LogP contribution >= 0.6 is 0 Å². The molecule has 1 aliphatic rings. The molecule has 1 amide bonds. The van der Waals surface area contributed by atoms with E-state index in [1.807, 2.05) is 11.8 Å². The van der Waals surface area contributed by atoms with Crippen LogP contribution in [0.5, 0.6) is 0 Å². The van der Waals surface area contributed by atoms with Crippen molar-refractivity contribution in [3.63, 3.8) is 0 Å². The molecule has 1 saturated heterocycles. The number of nitrogens with two attached hydrogens (primary N) is 2. The zero-order valence-electron chi connectivity index (χ0n) is 12.4. The van der Waals surface area contributed by atoms with Crippen LogP contribution in [0.4, 0.5) is 11.4 Å². The van der Waals surface area contributed by atoms with Crippen molar-refractivity contribution >= 4 is 23.3 Å². The zero-order valence-corrected chi connectivity index (χ0v) is 12.4. The second kappa shape index (κ2) is 5.63. The Morgan fingerprint density at radius 3 is 2.67 bits per heavy atom. The summed E-state index contributed by atoms with van der Waals surface area (Å²) in [7, 11) is 0. The van der Waals surface area contributed by atoms with Crippen molar-refractivity contribution in [2.45, 2.75) is 20.3 Å². The van der Waals surface area contributed by atoms with Crippen molar-refractivity contribution in [3.05, 3.63) is 23.8 Å². The van der Waals surface area contributed by atoms with E-state index in [9.17, 15) is 9.59 Å². The van der Waals surface area contributed by atoms with Crippen LogP contribution in [-0.2, 0) is 9.53 Å². The molecule has 1 aromatic rings. The van der Waals surface area contributed by atoms with Gasteiger partial charge < -0.3 is 21.1 Å². The fourth-order valence-corrected chi connectivity index (χ4v) is 2.55. The van der Waals surface area contributed by atoms with Gasteiger partial charge in [-0.05, 0) is 38.5 Å². The lowest BCUT2D eigenvalue weighted by molar-refractivity contribution is -0.125. The molecule has 21 heavy (non-hydrogen) atoms. The molecule has 6 heteroatoms. The van der Waals surface area contributed by atoms with Crippen LogP contribution in [0, 0.1) is 5.41 Å². The monoisotopic (exact) mass is 291 g/mol. The predicted octanol–water partition coefficient (Wildman–Crippen LogP) is 1.15. The summed E-state index contributed by atoms with van der Waals surface area (Å²) < 4.78 is 4.94. The van der Waals surface area contributed by atoms with Crippen LogP contribution in [0.2, 0.25) is 0 Å². The van der Waals surface area contributed by atoms with E-state index in [4.69, 9.17) is 16.2 Å². The fraction of sp³-hybridized carbons (Fsp3) is 0.467. The lowest BCUT2D eigenvalue weighted by Gasteiger charge is -2.24. The maximum atomic E-state index is 11.7. The Hall–Kier alpha value is -2.24. The smallest absolute Gasteiger partial charge is 0.338 e. The fourth-order valence-electron chi connectivity index (χ4n) is 2.55. The third-order valence-electron chi connectivity index (χ3n) is 3.95. The quantitative estimate of drug-likeness (QED) is 0.640. The molecule has 1 fully saturated rings. The topological polar surface area (TPSA) is 98.6 Å². The molecule has 2 rings (SSSR count). The first-order chi connectivity index (χ1) is 9.87. The first-order valence-corrected chi connectivity index (χ1v) is 6.99.